The summed E-state index contributed by atoms with van der Waals surface area (Å²) in [4.78, 5) is 10.3. The van der Waals surface area contributed by atoms with E-state index in [1.54, 1.807) is 17.3 Å². The number of amidine groups is 1. The van der Waals surface area contributed by atoms with Crippen LogP contribution in [0.4, 0.5) is 10.1 Å². The summed E-state index contributed by atoms with van der Waals surface area (Å²) in [7, 11) is 3.65. The third-order valence-corrected chi connectivity index (χ3v) is 4.36. The van der Waals surface area contributed by atoms with Gasteiger partial charge < -0.3 is 14.6 Å². The van der Waals surface area contributed by atoms with Gasteiger partial charge in [-0.2, -0.15) is 5.10 Å². The molecule has 0 bridgehead atoms. The minimum absolute atomic E-state index is 0.311. The fourth-order valence-electron chi connectivity index (χ4n) is 3.03. The summed E-state index contributed by atoms with van der Waals surface area (Å²) >= 11 is 0. The van der Waals surface area contributed by atoms with E-state index in [1.807, 2.05) is 37.2 Å². The molecule has 146 valence electrons. The highest BCUT2D eigenvalue weighted by molar-refractivity contribution is 6.06. The normalized spacial score (nSPS) is 17.0. The quantitative estimate of drug-likeness (QED) is 0.442. The van der Waals surface area contributed by atoms with Gasteiger partial charge in [0.05, 0.1) is 6.54 Å². The van der Waals surface area contributed by atoms with Crippen LogP contribution < -0.4 is 4.90 Å². The Labute approximate surface area is 164 Å². The van der Waals surface area contributed by atoms with Crippen LogP contribution in [0.1, 0.15) is 18.4 Å². The summed E-state index contributed by atoms with van der Waals surface area (Å²) in [6.45, 7) is 8.63. The molecule has 0 aliphatic carbocycles. The minimum atomic E-state index is -0.311. The molecule has 0 radical (unpaired) electrons. The van der Waals surface area contributed by atoms with Crippen LogP contribution in [0.2, 0.25) is 0 Å². The molecule has 0 atom stereocenters. The summed E-state index contributed by atoms with van der Waals surface area (Å²) in [6.07, 6.45) is 6.68. The molecule has 3 rings (SSSR count). The highest BCUT2D eigenvalue weighted by Crippen LogP contribution is 2.29. The number of anilines is 1. The molecule has 0 aromatic heterocycles. The number of allylic oxidation sites excluding steroid dienone is 3. The van der Waals surface area contributed by atoms with E-state index in [1.165, 1.54) is 6.07 Å². The van der Waals surface area contributed by atoms with Crippen LogP contribution in [-0.2, 0) is 4.74 Å². The second-order valence-electron chi connectivity index (χ2n) is 6.64. The Bertz CT molecular complexity index is 898. The second kappa shape index (κ2) is 8.65. The third kappa shape index (κ3) is 4.54. The van der Waals surface area contributed by atoms with Gasteiger partial charge in [-0.15, -0.1) is 0 Å². The zero-order chi connectivity index (χ0) is 20.1. The molecule has 1 fully saturated rings. The number of halogens is 1. The first-order chi connectivity index (χ1) is 13.5. The lowest BCUT2D eigenvalue weighted by molar-refractivity contribution is 0.270. The summed E-state index contributed by atoms with van der Waals surface area (Å²) in [5, 5.41) is 5.95. The van der Waals surface area contributed by atoms with Gasteiger partial charge in [-0.05, 0) is 31.5 Å². The van der Waals surface area contributed by atoms with E-state index >= 15 is 0 Å². The van der Waals surface area contributed by atoms with E-state index in [4.69, 9.17) is 4.74 Å². The van der Waals surface area contributed by atoms with E-state index in [2.05, 4.69) is 28.4 Å². The van der Waals surface area contributed by atoms with Crippen molar-refractivity contribution in [1.82, 2.24) is 5.01 Å². The van der Waals surface area contributed by atoms with Gasteiger partial charge in [0.2, 0.25) is 0 Å². The van der Waals surface area contributed by atoms with Gasteiger partial charge in [0.15, 0.2) is 11.7 Å². The Morgan fingerprint density at radius 3 is 2.86 bits per heavy atom. The predicted octanol–water partition coefficient (Wildman–Crippen LogP) is 3.84. The lowest BCUT2D eigenvalue weighted by atomic mass is 10.0. The van der Waals surface area contributed by atoms with Crippen molar-refractivity contribution < 1.29 is 9.13 Å². The largest absolute Gasteiger partial charge is 0.477 e. The number of hydrogen-bond donors (Lipinski definition) is 0. The van der Waals surface area contributed by atoms with Gasteiger partial charge in [0.1, 0.15) is 12.4 Å². The monoisotopic (exact) mass is 381 g/mol. The number of ether oxygens (including phenoxy) is 1. The summed E-state index contributed by atoms with van der Waals surface area (Å²) in [5.74, 6) is 0.827. The molecule has 2 heterocycles. The molecule has 0 spiro atoms. The van der Waals surface area contributed by atoms with Gasteiger partial charge in [-0.3, -0.25) is 4.99 Å². The van der Waals surface area contributed by atoms with Gasteiger partial charge in [-0.25, -0.2) is 9.38 Å². The Hall–Kier alpha value is -3.22. The maximum atomic E-state index is 14.8. The zero-order valence-corrected chi connectivity index (χ0v) is 16.2. The van der Waals surface area contributed by atoms with Crippen molar-refractivity contribution in [2.24, 2.45) is 15.1 Å². The van der Waals surface area contributed by atoms with Crippen molar-refractivity contribution in [2.45, 2.75) is 12.8 Å². The van der Waals surface area contributed by atoms with Crippen LogP contribution in [-0.4, -0.2) is 50.5 Å². The van der Waals surface area contributed by atoms with Crippen molar-refractivity contribution >= 4 is 29.5 Å². The molecule has 1 aromatic rings. The molecule has 28 heavy (non-hydrogen) atoms. The minimum Gasteiger partial charge on any atom is -0.477 e. The van der Waals surface area contributed by atoms with Crippen molar-refractivity contribution in [2.75, 3.05) is 32.1 Å². The van der Waals surface area contributed by atoms with Crippen LogP contribution in [0.25, 0.3) is 5.57 Å². The van der Waals surface area contributed by atoms with Crippen molar-refractivity contribution in [1.29, 1.82) is 0 Å². The topological polar surface area (TPSA) is 52.8 Å². The van der Waals surface area contributed by atoms with Gasteiger partial charge >= 0.3 is 0 Å². The Morgan fingerprint density at radius 2 is 2.21 bits per heavy atom. The molecule has 0 unspecified atom stereocenters. The number of hydrazone groups is 1. The SMILES string of the molecule is C=N/C(CC1=NC=C(c2ccc(N3CCOC3=C)cc2F)C=CC1)=N\N(C)C. The predicted molar refractivity (Wildman–Crippen MR) is 113 cm³/mol. The molecule has 0 amide bonds. The van der Waals surface area contributed by atoms with Gasteiger partial charge in [-0.1, -0.05) is 12.2 Å². The van der Waals surface area contributed by atoms with Crippen molar-refractivity contribution in [3.8, 4) is 0 Å². The molecule has 1 aromatic carbocycles. The molecule has 1 saturated heterocycles. The van der Waals surface area contributed by atoms with Crippen LogP contribution in [0.15, 0.2) is 64.1 Å². The first kappa shape index (κ1) is 19.5. The maximum Gasteiger partial charge on any atom is 0.186 e. The Kier molecular flexibility index (Phi) is 6.03. The van der Waals surface area contributed by atoms with E-state index < -0.39 is 0 Å². The van der Waals surface area contributed by atoms with Crippen LogP contribution in [0, 0.1) is 5.82 Å². The van der Waals surface area contributed by atoms with Crippen LogP contribution >= 0.6 is 0 Å². The lowest BCUT2D eigenvalue weighted by Gasteiger charge is -2.17. The highest BCUT2D eigenvalue weighted by Gasteiger charge is 2.19. The number of benzene rings is 1. The number of rotatable bonds is 5. The van der Waals surface area contributed by atoms with Crippen LogP contribution in [0.5, 0.6) is 0 Å². The highest BCUT2D eigenvalue weighted by atomic mass is 19.1. The van der Waals surface area contributed by atoms with Gasteiger partial charge in [0, 0.05) is 55.7 Å². The number of aliphatic imine (C=N–C) groups is 2. The average molecular weight is 381 g/mol. The van der Waals surface area contributed by atoms with E-state index in [-0.39, 0.29) is 5.82 Å². The second-order valence-corrected chi connectivity index (χ2v) is 6.64. The molecule has 6 nitrogen and oxygen atoms in total. The standard InChI is InChI=1S/C21H24FN5O/c1-15-27(10-11-28-15)18-8-9-19(20(22)13-18)16-6-5-7-17(24-14-16)12-21(23-2)25-26(3)4/h5-6,8-9,13-14H,1-2,7,10-12H2,3-4H3/b25-21-. The van der Waals surface area contributed by atoms with Gasteiger partial charge in [0.25, 0.3) is 0 Å². The molecule has 0 N–H and O–H groups in total. The fourth-order valence-corrected chi connectivity index (χ4v) is 3.03. The summed E-state index contributed by atoms with van der Waals surface area (Å²) in [6, 6.07) is 5.13. The number of nitrogens with zero attached hydrogens (tertiary/aromatic N) is 5. The fraction of sp³-hybridized carbons (Fsp3) is 0.286. The summed E-state index contributed by atoms with van der Waals surface area (Å²) < 4.78 is 20.1. The smallest absolute Gasteiger partial charge is 0.186 e. The Balaban J connectivity index is 1.81. The first-order valence-electron chi connectivity index (χ1n) is 9.01. The van der Waals surface area contributed by atoms with E-state index in [9.17, 15) is 4.39 Å². The van der Waals surface area contributed by atoms with E-state index in [0.29, 0.717) is 48.8 Å². The third-order valence-electron chi connectivity index (χ3n) is 4.36. The average Bonchev–Trinajstić information content (AvgIpc) is 2.95. The summed E-state index contributed by atoms with van der Waals surface area (Å²) in [5.41, 5.74) is 2.84. The number of hydrogen-bond acceptors (Lipinski definition) is 5. The van der Waals surface area contributed by atoms with E-state index in [0.717, 1.165) is 11.4 Å². The molecular formula is C21H24FN5O. The van der Waals surface area contributed by atoms with Crippen molar-refractivity contribution in [3.63, 3.8) is 0 Å². The first-order valence-corrected chi connectivity index (χ1v) is 9.01. The van der Waals surface area contributed by atoms with Crippen molar-refractivity contribution in [3.05, 3.63) is 60.4 Å². The molecule has 2 aliphatic rings. The molecule has 7 heteroatoms. The molecule has 0 saturated carbocycles. The molecule has 2 aliphatic heterocycles. The Morgan fingerprint density at radius 1 is 1.39 bits per heavy atom. The van der Waals surface area contributed by atoms with Crippen LogP contribution in [0.3, 0.4) is 0 Å². The maximum absolute atomic E-state index is 14.8. The lowest BCUT2D eigenvalue weighted by Crippen LogP contribution is -2.16. The zero-order valence-electron chi connectivity index (χ0n) is 16.2. The molecular weight excluding hydrogens is 357 g/mol.